The van der Waals surface area contributed by atoms with Gasteiger partial charge >= 0.3 is 0 Å². The molecule has 7 N–H and O–H groups in total. The Kier molecular flexibility index (Phi) is 37.4. The standard InChI is InChI=1S/C23H28N4O3.C22H26N4O3.C13H13ClN2O2.C10H15NO.C10H11NO.C7H9NO.C2H2ClN.CH4/c1-27(18-7-5-6-8-19(18)28-2)12-11-24-23-16-13-20(29-3)21(30-4)14-17(16)25-22(26-23)15-9-10-15;1-27-18-7-5-4-6-16(18)23-10-11-24-22-15-12-19(28-2)20(29-3)13-17(15)25-21(26-22)14-8-9-14;1-17-10-5-8-9(6-11(10)18-2)15-13(7-3-4-7)16-12(8)14;2*1-12-10-7-3-2-5-9(10)6-4-8-11;1-9-7-5-3-2-4-6(7)8;3-1-2-4;/h5-8,13-15H,9-12H2,1-4H3,(H,24,25,26);4-7,12-14,23H,8-11H2,1-3H3,(H,24,25,26);5-7H,3-4H2,1-2H3;2-3,5,7H,4,6,8,11H2,1H3;2-3,5,7H,4,6H2,1H3;2-5H,8H2,1H3;1H2;1H4. The van der Waals surface area contributed by atoms with Gasteiger partial charge in [0.1, 0.15) is 68.9 Å². The van der Waals surface area contributed by atoms with Crippen molar-refractivity contribution in [1.82, 2.24) is 29.9 Å². The van der Waals surface area contributed by atoms with Crippen LogP contribution in [0, 0.1) is 22.7 Å². The number of nitrogen functional groups attached to an aromatic ring is 1. The van der Waals surface area contributed by atoms with E-state index in [0.717, 1.165) is 191 Å². The molecule has 0 unspecified atom stereocenters. The number of anilines is 5. The Morgan fingerprint density at radius 1 is 0.426 bits per heavy atom. The largest absolute Gasteiger partial charge is 0.496 e. The minimum absolute atomic E-state index is 0. The highest BCUT2D eigenvalue weighted by Crippen LogP contribution is 2.44. The van der Waals surface area contributed by atoms with Gasteiger partial charge in [-0.1, -0.05) is 91.8 Å². The molecule has 3 aliphatic carbocycles. The van der Waals surface area contributed by atoms with Gasteiger partial charge in [0, 0.05) is 91.8 Å². The summed E-state index contributed by atoms with van der Waals surface area (Å²) in [6, 6.07) is 54.3. The predicted molar refractivity (Wildman–Crippen MR) is 461 cm³/mol. The number of likely N-dealkylation sites (N-methyl/N-ethyl adjacent to an activating group) is 1. The average Bonchev–Trinajstić information content (AvgIpc) is 1.68. The molecule has 14 rings (SSSR count). The van der Waals surface area contributed by atoms with Crippen LogP contribution in [0.2, 0.25) is 5.15 Å². The summed E-state index contributed by atoms with van der Waals surface area (Å²) in [5.41, 5.74) is 18.5. The number of benzene rings is 8. The molecule has 3 heterocycles. The predicted octanol–water partition coefficient (Wildman–Crippen LogP) is 17.7. The lowest BCUT2D eigenvalue weighted by molar-refractivity contribution is 0.355. The molecule has 0 amide bonds. The van der Waals surface area contributed by atoms with Gasteiger partial charge < -0.3 is 84.4 Å². The van der Waals surface area contributed by atoms with Gasteiger partial charge in [0.15, 0.2) is 34.5 Å². The number of hydrogen-bond donors (Lipinski definition) is 5. The number of fused-ring (bicyclic) bond motifs is 3. The van der Waals surface area contributed by atoms with Crippen LogP contribution in [-0.4, -0.2) is 154 Å². The molecule has 0 atom stereocenters. The molecule has 8 aromatic carbocycles. The van der Waals surface area contributed by atoms with Gasteiger partial charge in [0.2, 0.25) is 0 Å². The molecule has 3 saturated carbocycles. The highest BCUT2D eigenvalue weighted by Gasteiger charge is 2.30. The van der Waals surface area contributed by atoms with Crippen LogP contribution in [0.4, 0.5) is 28.7 Å². The fourth-order valence-electron chi connectivity index (χ4n) is 11.8. The minimum Gasteiger partial charge on any atom is -0.496 e. The van der Waals surface area contributed by atoms with Gasteiger partial charge in [-0.25, -0.2) is 29.9 Å². The summed E-state index contributed by atoms with van der Waals surface area (Å²) in [5.74, 6) is 14.0. The molecule has 610 valence electrons. The van der Waals surface area contributed by atoms with Crippen LogP contribution in [-0.2, 0) is 12.8 Å². The number of halogens is 2. The summed E-state index contributed by atoms with van der Waals surface area (Å²) >= 11 is 11.0. The molecule has 0 saturated heterocycles. The molecule has 3 aromatic heterocycles. The first-order chi connectivity index (χ1) is 55.6. The Morgan fingerprint density at radius 2 is 0.791 bits per heavy atom. The van der Waals surface area contributed by atoms with Crippen molar-refractivity contribution in [3.05, 3.63) is 191 Å². The SMILES string of the molecule is C.COc1cc2nc(C3CC3)nc(Cl)c2cc1OC.COc1cc2nc(C3CC3)nc(NCCN(C)c3ccccc3OC)c2cc1OC.COc1ccccc1CCC#N.COc1ccccc1CCCN.COc1ccccc1N.COc1ccccc1NCCNc1nc(C2CC2)nc2cc(OC)c(OC)cc12.N#CCCl. The number of hydrogen-bond acceptors (Lipinski definition) is 25. The van der Waals surface area contributed by atoms with E-state index in [0.29, 0.717) is 76.1 Å². The second-order valence-corrected chi connectivity index (χ2v) is 26.6. The zero-order chi connectivity index (χ0) is 81.7. The Balaban J connectivity index is 0.000000198. The number of nitrogens with zero attached hydrogens (tertiary/aromatic N) is 9. The van der Waals surface area contributed by atoms with Gasteiger partial charge in [0.05, 0.1) is 124 Å². The molecule has 0 aliphatic heterocycles. The van der Waals surface area contributed by atoms with E-state index in [9.17, 15) is 0 Å². The Hall–Kier alpha value is -11.9. The van der Waals surface area contributed by atoms with Crippen LogP contribution in [0.3, 0.4) is 0 Å². The first-order valence-electron chi connectivity index (χ1n) is 37.4. The second kappa shape index (κ2) is 47.6. The molecule has 27 heteroatoms. The summed E-state index contributed by atoms with van der Waals surface area (Å²) in [5, 5.41) is 29.4. The molecule has 3 fully saturated rings. The molecular weight excluding hydrogens is 1500 g/mol. The highest BCUT2D eigenvalue weighted by molar-refractivity contribution is 6.34. The van der Waals surface area contributed by atoms with Crippen LogP contribution in [0.1, 0.15) is 105 Å². The van der Waals surface area contributed by atoms with Crippen LogP contribution in [0.5, 0.6) is 63.2 Å². The first-order valence-corrected chi connectivity index (χ1v) is 38.3. The number of aryl methyl sites for hydroxylation is 2. The number of alkyl halides is 1. The molecule has 115 heavy (non-hydrogen) atoms. The number of ether oxygens (including phenoxy) is 11. The van der Waals surface area contributed by atoms with Crippen molar-refractivity contribution in [3.63, 3.8) is 0 Å². The molecule has 11 aromatic rings. The number of nitrogens with two attached hydrogens (primary N) is 2. The van der Waals surface area contributed by atoms with Crippen molar-refractivity contribution in [1.29, 1.82) is 10.5 Å². The molecule has 0 radical (unpaired) electrons. The first kappa shape index (κ1) is 90.3. The van der Waals surface area contributed by atoms with Crippen molar-refractivity contribution >= 4 is 84.6 Å². The maximum absolute atomic E-state index is 8.40. The monoisotopic (exact) mass is 1610 g/mol. The summed E-state index contributed by atoms with van der Waals surface area (Å²) in [6.07, 6.45) is 10.2. The third-order valence-corrected chi connectivity index (χ3v) is 18.7. The van der Waals surface area contributed by atoms with Crippen molar-refractivity contribution < 1.29 is 52.1 Å². The second-order valence-electron chi connectivity index (χ2n) is 26.0. The number of rotatable bonds is 29. The topological polar surface area (TPSA) is 318 Å². The van der Waals surface area contributed by atoms with Crippen molar-refractivity contribution in [2.24, 2.45) is 5.73 Å². The van der Waals surface area contributed by atoms with Gasteiger partial charge in [-0.3, -0.25) is 0 Å². The van der Waals surface area contributed by atoms with E-state index in [1.165, 1.54) is 5.56 Å². The lowest BCUT2D eigenvalue weighted by Gasteiger charge is -2.22. The summed E-state index contributed by atoms with van der Waals surface area (Å²) < 4.78 is 58.5. The van der Waals surface area contributed by atoms with Crippen LogP contribution in [0.15, 0.2) is 158 Å². The number of nitriles is 2. The fourth-order valence-corrected chi connectivity index (χ4v) is 12.0. The van der Waals surface area contributed by atoms with Crippen molar-refractivity contribution in [3.8, 4) is 75.4 Å². The molecule has 0 bridgehead atoms. The minimum atomic E-state index is 0. The average molecular weight is 1610 g/mol. The molecule has 3 aliphatic rings. The van der Waals surface area contributed by atoms with Crippen LogP contribution in [0.25, 0.3) is 32.7 Å². The third-order valence-electron chi connectivity index (χ3n) is 18.3. The highest BCUT2D eigenvalue weighted by atomic mass is 35.5. The zero-order valence-electron chi connectivity index (χ0n) is 67.0. The van der Waals surface area contributed by atoms with E-state index in [2.05, 4.69) is 56.1 Å². The van der Waals surface area contributed by atoms with Gasteiger partial charge in [0.25, 0.3) is 0 Å². The lowest BCUT2D eigenvalue weighted by Crippen LogP contribution is -2.25. The summed E-state index contributed by atoms with van der Waals surface area (Å²) in [6.45, 7) is 3.66. The van der Waals surface area contributed by atoms with Gasteiger partial charge in [-0.15, -0.1) is 11.6 Å². The van der Waals surface area contributed by atoms with E-state index in [-0.39, 0.29) is 13.3 Å². The fraction of sp³-hybridized carbons (Fsp3) is 0.364. The van der Waals surface area contributed by atoms with E-state index in [1.807, 2.05) is 140 Å². The number of nitrogens with one attached hydrogen (secondary N) is 3. The number of aromatic nitrogens is 6. The Bertz CT molecular complexity index is 4950. The molecule has 0 spiro atoms. The smallest absolute Gasteiger partial charge is 0.162 e. The Labute approximate surface area is 685 Å². The quantitative estimate of drug-likeness (QED) is 0.0126. The van der Waals surface area contributed by atoms with E-state index in [4.69, 9.17) is 117 Å². The summed E-state index contributed by atoms with van der Waals surface area (Å²) in [4.78, 5) is 30.3. The van der Waals surface area contributed by atoms with Gasteiger partial charge in [-0.05, 0) is 142 Å². The van der Waals surface area contributed by atoms with Crippen molar-refractivity contribution in [2.75, 3.05) is 150 Å². The number of methoxy groups -OCH3 is 11. The maximum atomic E-state index is 8.40. The van der Waals surface area contributed by atoms with Gasteiger partial charge in [-0.2, -0.15) is 10.5 Å². The molecule has 25 nitrogen and oxygen atoms in total. The number of para-hydroxylation sites is 8. The zero-order valence-corrected chi connectivity index (χ0v) is 68.5. The van der Waals surface area contributed by atoms with Crippen LogP contribution >= 0.6 is 23.2 Å². The molecular formula is C88H108Cl2N14O11. The lowest BCUT2D eigenvalue weighted by atomic mass is 10.1. The third kappa shape index (κ3) is 26.6. The normalized spacial score (nSPS) is 11.9. The van der Waals surface area contributed by atoms with E-state index in [1.54, 1.807) is 90.3 Å². The summed E-state index contributed by atoms with van der Waals surface area (Å²) in [7, 11) is 20.1. The van der Waals surface area contributed by atoms with Crippen molar-refractivity contribution in [2.45, 2.75) is 89.4 Å². The maximum Gasteiger partial charge on any atom is 0.162 e. The van der Waals surface area contributed by atoms with E-state index >= 15 is 0 Å². The van der Waals surface area contributed by atoms with Crippen LogP contribution < -0.4 is 84.4 Å². The van der Waals surface area contributed by atoms with E-state index < -0.39 is 0 Å². The Morgan fingerprint density at radius 3 is 1.22 bits per heavy atom.